The molecule has 4 aliphatic rings. The minimum Gasteiger partial charge on any atom is -0.465 e. The number of carboxylic acid groups (broad SMARTS) is 2. The predicted molar refractivity (Wildman–Crippen MR) is 202 cm³/mol. The van der Waals surface area contributed by atoms with Gasteiger partial charge < -0.3 is 40.2 Å². The zero-order valence-corrected chi connectivity index (χ0v) is 31.2. The van der Waals surface area contributed by atoms with Gasteiger partial charge in [-0.3, -0.25) is 19.4 Å². The maximum Gasteiger partial charge on any atom is 0.407 e. The van der Waals surface area contributed by atoms with E-state index in [0.29, 0.717) is 24.5 Å². The average Bonchev–Trinajstić information content (AvgIpc) is 3.97. The molecule has 4 heterocycles. The summed E-state index contributed by atoms with van der Waals surface area (Å²) in [6.45, 7) is 0.231. The van der Waals surface area contributed by atoms with E-state index < -0.39 is 48.6 Å². The molecule has 16 nitrogen and oxygen atoms in total. The van der Waals surface area contributed by atoms with E-state index in [-0.39, 0.29) is 36.7 Å². The van der Waals surface area contributed by atoms with Gasteiger partial charge in [-0.1, -0.05) is 48.5 Å². The summed E-state index contributed by atoms with van der Waals surface area (Å²) >= 11 is 0. The Labute approximate surface area is 322 Å². The van der Waals surface area contributed by atoms with Gasteiger partial charge in [0.15, 0.2) is 0 Å². The molecule has 2 saturated heterocycles. The van der Waals surface area contributed by atoms with Crippen LogP contribution in [0.1, 0.15) is 62.3 Å². The summed E-state index contributed by atoms with van der Waals surface area (Å²) in [4.78, 5) is 71.9. The van der Waals surface area contributed by atoms with Crippen molar-refractivity contribution in [1.29, 1.82) is 0 Å². The van der Waals surface area contributed by atoms with Crippen molar-refractivity contribution in [3.8, 4) is 33.6 Å². The third-order valence-corrected chi connectivity index (χ3v) is 11.8. The highest BCUT2D eigenvalue weighted by Crippen LogP contribution is 2.41. The molecule has 2 aliphatic carbocycles. The number of nitrogens with zero attached hydrogens (tertiary/aromatic N) is 6. The predicted octanol–water partition coefficient (Wildman–Crippen LogP) is 4.18. The second-order valence-electron chi connectivity index (χ2n) is 15.7. The number of benzene rings is 2. The van der Waals surface area contributed by atoms with Crippen molar-refractivity contribution in [3.63, 3.8) is 0 Å². The lowest BCUT2D eigenvalue weighted by atomic mass is 10.0. The molecule has 16 heteroatoms. The van der Waals surface area contributed by atoms with Gasteiger partial charge >= 0.3 is 12.2 Å². The van der Waals surface area contributed by atoms with E-state index in [1.165, 1.54) is 14.1 Å². The first-order valence-electron chi connectivity index (χ1n) is 19.1. The molecular formula is C40H46N8O8. The number of nitrogens with one attached hydrogen (secondary N) is 2. The van der Waals surface area contributed by atoms with Crippen molar-refractivity contribution in [2.24, 2.45) is 11.8 Å². The molecule has 2 aromatic heterocycles. The smallest absolute Gasteiger partial charge is 0.407 e. The molecule has 2 aliphatic heterocycles. The molecule has 0 spiro atoms. The van der Waals surface area contributed by atoms with Crippen molar-refractivity contribution in [2.75, 3.05) is 27.2 Å². The number of hydrogen-bond donors (Lipinski definition) is 6. The van der Waals surface area contributed by atoms with Crippen LogP contribution in [0.2, 0.25) is 0 Å². The van der Waals surface area contributed by atoms with Crippen molar-refractivity contribution < 1.29 is 39.6 Å². The monoisotopic (exact) mass is 766 g/mol. The number of likely N-dealkylation sites (tertiary alicyclic amines) is 2. The number of aromatic nitrogens is 4. The highest BCUT2D eigenvalue weighted by Gasteiger charge is 2.48. The number of H-pyrrole nitrogens is 2. The molecule has 2 saturated carbocycles. The number of imidazole rings is 2. The van der Waals surface area contributed by atoms with Crippen LogP contribution in [0.25, 0.3) is 33.6 Å². The quantitative estimate of drug-likeness (QED) is 0.128. The van der Waals surface area contributed by atoms with Crippen LogP contribution in [0.15, 0.2) is 60.9 Å². The van der Waals surface area contributed by atoms with Gasteiger partial charge in [-0.15, -0.1) is 0 Å². The van der Waals surface area contributed by atoms with Crippen molar-refractivity contribution in [1.82, 2.24) is 39.5 Å². The van der Waals surface area contributed by atoms with Crippen LogP contribution in [0.3, 0.4) is 0 Å². The van der Waals surface area contributed by atoms with E-state index in [4.69, 9.17) is 0 Å². The lowest BCUT2D eigenvalue weighted by Gasteiger charge is -2.31. The summed E-state index contributed by atoms with van der Waals surface area (Å²) in [5, 5.41) is 40.3. The summed E-state index contributed by atoms with van der Waals surface area (Å²) in [5.74, 6) is 0.414. The zero-order chi connectivity index (χ0) is 39.4. The first-order chi connectivity index (χ1) is 26.9. The Bertz CT molecular complexity index is 1960. The number of likely N-dealkylation sites (N-methyl/N-ethyl adjacent to an activating group) is 2. The van der Waals surface area contributed by atoms with Crippen LogP contribution < -0.4 is 0 Å². The topological polar surface area (TPSA) is 220 Å². The fourth-order valence-corrected chi connectivity index (χ4v) is 8.39. The molecular weight excluding hydrogens is 720 g/mol. The highest BCUT2D eigenvalue weighted by atomic mass is 16.4. The molecule has 2 aromatic carbocycles. The number of aliphatic hydroxyl groups excluding tert-OH is 2. The number of amides is 4. The Balaban J connectivity index is 0.937. The Kier molecular flexibility index (Phi) is 9.78. The number of aliphatic hydroxyl groups is 2. The molecule has 56 heavy (non-hydrogen) atoms. The van der Waals surface area contributed by atoms with Crippen LogP contribution in [0, 0.1) is 11.8 Å². The van der Waals surface area contributed by atoms with Gasteiger partial charge in [-0.05, 0) is 59.8 Å². The number of rotatable bonds is 11. The van der Waals surface area contributed by atoms with Crippen LogP contribution >= 0.6 is 0 Å². The summed E-state index contributed by atoms with van der Waals surface area (Å²) in [5.41, 5.74) is 5.24. The molecule has 6 atom stereocenters. The van der Waals surface area contributed by atoms with E-state index in [2.05, 4.69) is 19.9 Å². The molecule has 4 amide bonds. The molecule has 294 valence electrons. The average molecular weight is 767 g/mol. The summed E-state index contributed by atoms with van der Waals surface area (Å²) in [6, 6.07) is 13.3. The van der Waals surface area contributed by atoms with Crippen LogP contribution in [-0.4, -0.2) is 135 Å². The standard InChI is InChI=1S/C40H46N8O8/c1-45(39(53)54)33(25-11-12-25)37(51)47-19-27(49)15-31(47)35-41-17-29(43-35)23-7-3-21(4-8-23)22-5-9-24(10-6-22)30-18-42-36(44-30)32-16-28(50)20-48(32)38(52)34(26-13-14-26)46(2)40(55)56/h3-10,17-18,25-28,31-34,49-50H,11-16,19-20H2,1-2H3,(H,41,43)(H,42,44)(H,53,54)(H,55,56)/t27-,28-,31+,32+,33+,34+/m1/s1. The second kappa shape index (κ2) is 14.7. The van der Waals surface area contributed by atoms with Gasteiger partial charge in [-0.25, -0.2) is 19.6 Å². The maximum absolute atomic E-state index is 13.7. The number of hydrogen-bond acceptors (Lipinski definition) is 8. The van der Waals surface area contributed by atoms with Gasteiger partial charge in [0.1, 0.15) is 23.7 Å². The van der Waals surface area contributed by atoms with Crippen molar-refractivity contribution >= 4 is 24.0 Å². The van der Waals surface area contributed by atoms with E-state index in [0.717, 1.165) is 69.1 Å². The summed E-state index contributed by atoms with van der Waals surface area (Å²) < 4.78 is 0. The fraction of sp³-hybridized carbons (Fsp3) is 0.450. The molecule has 0 bridgehead atoms. The van der Waals surface area contributed by atoms with Gasteiger partial charge in [0.2, 0.25) is 11.8 Å². The van der Waals surface area contributed by atoms with Crippen molar-refractivity contribution in [2.45, 2.75) is 74.9 Å². The SMILES string of the molecule is CN(C(=O)O)[C@H](C(=O)N1C[C@H](O)C[C@H]1c1ncc(-c2ccc(-c3ccc(-c4cnc([C@@H]5C[C@@H](O)CN5C(=O)[C@H](C5CC5)N(C)C(=O)O)[nH]4)cc3)cc2)[nH]1)C1CC1. The van der Waals surface area contributed by atoms with Crippen LogP contribution in [0.4, 0.5) is 9.59 Å². The Morgan fingerprint density at radius 2 is 0.964 bits per heavy atom. The minimum absolute atomic E-state index is 0.0222. The van der Waals surface area contributed by atoms with E-state index in [1.54, 1.807) is 22.2 Å². The molecule has 0 unspecified atom stereocenters. The number of aromatic amines is 2. The molecule has 6 N–H and O–H groups in total. The number of carbonyl (C=O) groups is 4. The number of carbonyl (C=O) groups excluding carboxylic acids is 2. The van der Waals surface area contributed by atoms with Crippen molar-refractivity contribution in [3.05, 3.63) is 72.6 Å². The van der Waals surface area contributed by atoms with Crippen LogP contribution in [-0.2, 0) is 9.59 Å². The summed E-state index contributed by atoms with van der Waals surface area (Å²) in [7, 11) is 2.84. The third kappa shape index (κ3) is 7.21. The fourth-order valence-electron chi connectivity index (χ4n) is 8.39. The lowest BCUT2D eigenvalue weighted by molar-refractivity contribution is -0.138. The van der Waals surface area contributed by atoms with E-state index >= 15 is 0 Å². The largest absolute Gasteiger partial charge is 0.465 e. The Morgan fingerprint density at radius 3 is 1.29 bits per heavy atom. The Morgan fingerprint density at radius 1 is 0.625 bits per heavy atom. The Hall–Kier alpha value is -5.74. The normalized spacial score (nSPS) is 23.2. The number of β-amino-alcohol motifs (C(OH)–C–C–N with tert-alkyl or cyclic N) is 2. The molecule has 8 rings (SSSR count). The van der Waals surface area contributed by atoms with E-state index in [9.17, 15) is 39.6 Å². The van der Waals surface area contributed by atoms with Crippen LogP contribution in [0.5, 0.6) is 0 Å². The molecule has 4 aromatic rings. The van der Waals surface area contributed by atoms with Gasteiger partial charge in [0, 0.05) is 40.0 Å². The highest BCUT2D eigenvalue weighted by molar-refractivity contribution is 5.87. The minimum atomic E-state index is -1.16. The molecule has 4 fully saturated rings. The van der Waals surface area contributed by atoms with Gasteiger partial charge in [-0.2, -0.15) is 0 Å². The molecule has 0 radical (unpaired) electrons. The van der Waals surface area contributed by atoms with Gasteiger partial charge in [0.05, 0.1) is 48.1 Å². The maximum atomic E-state index is 13.7. The zero-order valence-electron chi connectivity index (χ0n) is 31.2. The first kappa shape index (κ1) is 37.2. The third-order valence-electron chi connectivity index (χ3n) is 11.8. The van der Waals surface area contributed by atoms with Gasteiger partial charge in [0.25, 0.3) is 0 Å². The second-order valence-corrected chi connectivity index (χ2v) is 15.7. The first-order valence-corrected chi connectivity index (χ1v) is 19.1. The van der Waals surface area contributed by atoms with E-state index in [1.807, 2.05) is 48.5 Å². The lowest BCUT2D eigenvalue weighted by Crippen LogP contribution is -2.50. The summed E-state index contributed by atoms with van der Waals surface area (Å²) in [6.07, 6.45) is 3.38.